The number of halogens is 1. The van der Waals surface area contributed by atoms with E-state index in [0.717, 1.165) is 4.47 Å². The molecule has 2 amide bonds. The maximum Gasteiger partial charge on any atom is 0.336 e. The lowest BCUT2D eigenvalue weighted by Crippen LogP contribution is -2.54. The van der Waals surface area contributed by atoms with E-state index in [2.05, 4.69) is 21.2 Å². The third-order valence-electron chi connectivity index (χ3n) is 4.52. The molecule has 2 heterocycles. The molecule has 2 aromatic carbocycles. The molecule has 0 bridgehead atoms. The maximum absolute atomic E-state index is 13.0. The summed E-state index contributed by atoms with van der Waals surface area (Å²) in [6, 6.07) is 16.4. The number of furan rings is 1. The second-order valence-electron chi connectivity index (χ2n) is 6.49. The first-order valence-electron chi connectivity index (χ1n) is 8.94. The zero-order valence-corrected chi connectivity index (χ0v) is 18.1. The Morgan fingerprint density at radius 3 is 2.48 bits per heavy atom. The Hall–Kier alpha value is -3.56. The summed E-state index contributed by atoms with van der Waals surface area (Å²) < 4.78 is 6.54. The van der Waals surface area contributed by atoms with Gasteiger partial charge in [0, 0.05) is 10.0 Å². The molecular weight excluding hydrogens is 484 g/mol. The van der Waals surface area contributed by atoms with Crippen LogP contribution in [0.15, 0.2) is 75.1 Å². The fraction of sp³-hybridized carbons (Fsp3) is 0. The van der Waals surface area contributed by atoms with Gasteiger partial charge in [-0.25, -0.2) is 4.79 Å². The highest BCUT2D eigenvalue weighted by atomic mass is 79.9. The Balaban J connectivity index is 1.69. The van der Waals surface area contributed by atoms with Gasteiger partial charge in [-0.05, 0) is 60.8 Å². The number of nitrogens with one attached hydrogen (secondary N) is 1. The molecule has 0 radical (unpaired) electrons. The molecule has 3 aromatic rings. The Morgan fingerprint density at radius 1 is 1.06 bits per heavy atom. The van der Waals surface area contributed by atoms with E-state index in [9.17, 15) is 19.5 Å². The van der Waals surface area contributed by atoms with Gasteiger partial charge in [-0.3, -0.25) is 19.8 Å². The monoisotopic (exact) mass is 496 g/mol. The second kappa shape index (κ2) is 8.29. The molecule has 7 nitrogen and oxygen atoms in total. The second-order valence-corrected chi connectivity index (χ2v) is 7.79. The number of carbonyl (C=O) groups is 3. The summed E-state index contributed by atoms with van der Waals surface area (Å²) in [7, 11) is 0. The standard InChI is InChI=1S/C22H13BrN2O5S/c23-12-5-7-13(8-6-12)25-20(27)17(19(26)24-22(25)31)11-14-9-10-18(30-14)15-3-1-2-4-16(15)21(28)29/h1-11H,(H,28,29)(H,24,26,31)/b17-11-. The molecule has 0 unspecified atom stereocenters. The summed E-state index contributed by atoms with van der Waals surface area (Å²) in [6.07, 6.45) is 1.30. The van der Waals surface area contributed by atoms with Gasteiger partial charge >= 0.3 is 5.97 Å². The fourth-order valence-corrected chi connectivity index (χ4v) is 3.63. The molecule has 2 N–H and O–H groups in total. The molecule has 4 rings (SSSR count). The van der Waals surface area contributed by atoms with Crippen LogP contribution in [0.25, 0.3) is 17.4 Å². The van der Waals surface area contributed by atoms with Crippen molar-refractivity contribution in [2.75, 3.05) is 4.90 Å². The molecule has 1 aliphatic heterocycles. The van der Waals surface area contributed by atoms with Gasteiger partial charge < -0.3 is 9.52 Å². The van der Waals surface area contributed by atoms with Crippen molar-refractivity contribution < 1.29 is 23.9 Å². The van der Waals surface area contributed by atoms with Crippen LogP contribution < -0.4 is 10.2 Å². The largest absolute Gasteiger partial charge is 0.478 e. The van der Waals surface area contributed by atoms with Gasteiger partial charge in [0.2, 0.25) is 0 Å². The van der Waals surface area contributed by atoms with Crippen molar-refractivity contribution in [3.05, 3.63) is 82.0 Å². The number of hydrogen-bond donors (Lipinski definition) is 2. The number of rotatable bonds is 4. The summed E-state index contributed by atoms with van der Waals surface area (Å²) in [4.78, 5) is 38.1. The molecular formula is C22H13BrN2O5S. The number of nitrogens with zero attached hydrogens (tertiary/aromatic N) is 1. The molecule has 0 atom stereocenters. The first-order chi connectivity index (χ1) is 14.8. The van der Waals surface area contributed by atoms with E-state index in [-0.39, 0.29) is 22.0 Å². The zero-order valence-electron chi connectivity index (χ0n) is 15.7. The molecule has 154 valence electrons. The van der Waals surface area contributed by atoms with Gasteiger partial charge in [0.05, 0.1) is 11.3 Å². The average Bonchev–Trinajstić information content (AvgIpc) is 3.21. The number of benzene rings is 2. The third-order valence-corrected chi connectivity index (χ3v) is 5.34. The predicted molar refractivity (Wildman–Crippen MR) is 121 cm³/mol. The summed E-state index contributed by atoms with van der Waals surface area (Å²) >= 11 is 8.51. The lowest BCUT2D eigenvalue weighted by atomic mass is 10.1. The number of thiocarbonyl (C=S) groups is 1. The van der Waals surface area contributed by atoms with Gasteiger partial charge in [0.25, 0.3) is 11.8 Å². The molecule has 1 fully saturated rings. The molecule has 1 aliphatic rings. The SMILES string of the molecule is O=C1NC(=S)N(c2ccc(Br)cc2)C(=O)/C1=C\c1ccc(-c2ccccc2C(=O)O)o1. The third kappa shape index (κ3) is 4.05. The van der Waals surface area contributed by atoms with E-state index < -0.39 is 17.8 Å². The van der Waals surface area contributed by atoms with Gasteiger partial charge in [-0.15, -0.1) is 0 Å². The van der Waals surface area contributed by atoms with Crippen LogP contribution in [0.1, 0.15) is 16.1 Å². The minimum atomic E-state index is -1.09. The van der Waals surface area contributed by atoms with Crippen molar-refractivity contribution in [3.63, 3.8) is 0 Å². The minimum absolute atomic E-state index is 0.0232. The van der Waals surface area contributed by atoms with Crippen LogP contribution in [0.5, 0.6) is 0 Å². The first kappa shape index (κ1) is 20.7. The van der Waals surface area contributed by atoms with Gasteiger partial charge in [0.15, 0.2) is 5.11 Å². The van der Waals surface area contributed by atoms with Gasteiger partial charge in [-0.2, -0.15) is 0 Å². The van der Waals surface area contributed by atoms with E-state index in [4.69, 9.17) is 16.6 Å². The number of amides is 2. The van der Waals surface area contributed by atoms with Crippen molar-refractivity contribution >= 4 is 62.8 Å². The highest BCUT2D eigenvalue weighted by molar-refractivity contribution is 9.10. The van der Waals surface area contributed by atoms with Crippen molar-refractivity contribution in [1.29, 1.82) is 0 Å². The van der Waals surface area contributed by atoms with Crippen LogP contribution in [-0.2, 0) is 9.59 Å². The summed E-state index contributed by atoms with van der Waals surface area (Å²) in [5.41, 5.74) is 0.801. The lowest BCUT2D eigenvalue weighted by molar-refractivity contribution is -0.122. The lowest BCUT2D eigenvalue weighted by Gasteiger charge is -2.28. The Bertz CT molecular complexity index is 1260. The molecule has 0 saturated carbocycles. The quantitative estimate of drug-likeness (QED) is 0.318. The molecule has 1 saturated heterocycles. The first-order valence-corrected chi connectivity index (χ1v) is 10.1. The summed E-state index contributed by atoms with van der Waals surface area (Å²) in [6.45, 7) is 0. The normalized spacial score (nSPS) is 15.3. The van der Waals surface area contributed by atoms with E-state index in [1.807, 2.05) is 0 Å². The Kier molecular flexibility index (Phi) is 5.53. The zero-order chi connectivity index (χ0) is 22.1. The highest BCUT2D eigenvalue weighted by Gasteiger charge is 2.34. The summed E-state index contributed by atoms with van der Waals surface area (Å²) in [5.74, 6) is -1.81. The molecule has 1 aromatic heterocycles. The van der Waals surface area contributed by atoms with Crippen molar-refractivity contribution in [2.45, 2.75) is 0 Å². The van der Waals surface area contributed by atoms with Gasteiger partial charge in [-0.1, -0.05) is 34.1 Å². The maximum atomic E-state index is 13.0. The van der Waals surface area contributed by atoms with Crippen LogP contribution >= 0.6 is 28.1 Å². The van der Waals surface area contributed by atoms with E-state index in [0.29, 0.717) is 17.0 Å². The van der Waals surface area contributed by atoms with E-state index in [1.54, 1.807) is 54.6 Å². The van der Waals surface area contributed by atoms with Crippen molar-refractivity contribution in [1.82, 2.24) is 5.32 Å². The smallest absolute Gasteiger partial charge is 0.336 e. The van der Waals surface area contributed by atoms with Crippen LogP contribution in [0.3, 0.4) is 0 Å². The van der Waals surface area contributed by atoms with Crippen LogP contribution in [0.2, 0.25) is 0 Å². The topological polar surface area (TPSA) is 99.9 Å². The Labute approximate surface area is 190 Å². The number of carboxylic acids is 1. The minimum Gasteiger partial charge on any atom is -0.478 e. The van der Waals surface area contributed by atoms with Crippen LogP contribution in [-0.4, -0.2) is 28.0 Å². The van der Waals surface area contributed by atoms with E-state index >= 15 is 0 Å². The summed E-state index contributed by atoms with van der Waals surface area (Å²) in [5, 5.41) is 11.9. The Morgan fingerprint density at radius 2 is 1.77 bits per heavy atom. The molecule has 31 heavy (non-hydrogen) atoms. The van der Waals surface area contributed by atoms with Crippen molar-refractivity contribution in [2.24, 2.45) is 0 Å². The van der Waals surface area contributed by atoms with Crippen LogP contribution in [0.4, 0.5) is 5.69 Å². The number of anilines is 1. The molecule has 0 aliphatic carbocycles. The predicted octanol–water partition coefficient (Wildman–Crippen LogP) is 4.24. The number of aromatic carboxylic acids is 1. The molecule has 0 spiro atoms. The van der Waals surface area contributed by atoms with Crippen molar-refractivity contribution in [3.8, 4) is 11.3 Å². The fourth-order valence-electron chi connectivity index (χ4n) is 3.08. The highest BCUT2D eigenvalue weighted by Crippen LogP contribution is 2.28. The number of carboxylic acid groups (broad SMARTS) is 1. The van der Waals surface area contributed by atoms with Gasteiger partial charge in [0.1, 0.15) is 17.1 Å². The number of hydrogen-bond acceptors (Lipinski definition) is 5. The van der Waals surface area contributed by atoms with Crippen LogP contribution in [0, 0.1) is 0 Å². The van der Waals surface area contributed by atoms with E-state index in [1.165, 1.54) is 17.0 Å². The average molecular weight is 497 g/mol. The number of carbonyl (C=O) groups excluding carboxylic acids is 2. The molecule has 9 heteroatoms.